The van der Waals surface area contributed by atoms with Gasteiger partial charge in [-0.2, -0.15) is 0 Å². The zero-order valence-corrected chi connectivity index (χ0v) is 17.5. The van der Waals surface area contributed by atoms with Gasteiger partial charge in [0.25, 0.3) is 0 Å². The summed E-state index contributed by atoms with van der Waals surface area (Å²) in [5, 5.41) is 4.65. The van der Waals surface area contributed by atoms with E-state index < -0.39 is 0 Å². The largest absolute Gasteiger partial charge is 0.497 e. The molecule has 30 heavy (non-hydrogen) atoms. The minimum atomic E-state index is 0.301. The van der Waals surface area contributed by atoms with E-state index in [1.807, 2.05) is 24.3 Å². The number of aryl methyl sites for hydroxylation is 2. The van der Waals surface area contributed by atoms with Crippen LogP contribution in [0.1, 0.15) is 24.0 Å². The molecule has 4 rings (SSSR count). The third-order valence-electron chi connectivity index (χ3n) is 5.61. The predicted molar refractivity (Wildman–Crippen MR) is 123 cm³/mol. The molecule has 0 amide bonds. The summed E-state index contributed by atoms with van der Waals surface area (Å²) in [5.74, 6) is 2.01. The van der Waals surface area contributed by atoms with E-state index in [4.69, 9.17) is 9.47 Å². The SMILES string of the molecule is COc1ccc2cc(CCC(=O)CCc3ccc4ccc(OC)cc4c3)ccc2c1. The second-order valence-corrected chi connectivity index (χ2v) is 7.63. The van der Waals surface area contributed by atoms with Crippen LogP contribution in [0.5, 0.6) is 11.5 Å². The Morgan fingerprint density at radius 3 is 1.70 bits per heavy atom. The number of ether oxygens (including phenoxy) is 2. The van der Waals surface area contributed by atoms with Gasteiger partial charge < -0.3 is 9.47 Å². The topological polar surface area (TPSA) is 35.5 Å². The van der Waals surface area contributed by atoms with Crippen molar-refractivity contribution >= 4 is 27.3 Å². The van der Waals surface area contributed by atoms with Crippen molar-refractivity contribution in [3.8, 4) is 11.5 Å². The highest BCUT2D eigenvalue weighted by Crippen LogP contribution is 2.24. The van der Waals surface area contributed by atoms with Crippen LogP contribution in [0.3, 0.4) is 0 Å². The van der Waals surface area contributed by atoms with Crippen molar-refractivity contribution < 1.29 is 14.3 Å². The molecule has 0 radical (unpaired) electrons. The van der Waals surface area contributed by atoms with E-state index in [0.29, 0.717) is 18.6 Å². The molecule has 3 nitrogen and oxygen atoms in total. The molecule has 0 atom stereocenters. The zero-order valence-electron chi connectivity index (χ0n) is 17.5. The molecule has 3 heteroatoms. The highest BCUT2D eigenvalue weighted by atomic mass is 16.5. The molecule has 0 aromatic heterocycles. The molecule has 0 bridgehead atoms. The molecule has 0 unspecified atom stereocenters. The van der Waals surface area contributed by atoms with Gasteiger partial charge in [0.2, 0.25) is 0 Å². The molecule has 0 fully saturated rings. The van der Waals surface area contributed by atoms with Gasteiger partial charge in [-0.1, -0.05) is 48.5 Å². The van der Waals surface area contributed by atoms with Crippen molar-refractivity contribution in [3.05, 3.63) is 83.9 Å². The summed E-state index contributed by atoms with van der Waals surface area (Å²) < 4.78 is 10.6. The average molecular weight is 399 g/mol. The lowest BCUT2D eigenvalue weighted by molar-refractivity contribution is -0.119. The Morgan fingerprint density at radius 2 is 1.07 bits per heavy atom. The molecule has 0 heterocycles. The molecule has 0 aliphatic heterocycles. The number of hydrogen-bond donors (Lipinski definition) is 0. The average Bonchev–Trinajstić information content (AvgIpc) is 2.80. The lowest BCUT2D eigenvalue weighted by Gasteiger charge is -2.07. The van der Waals surface area contributed by atoms with Crippen LogP contribution in [0.15, 0.2) is 72.8 Å². The fraction of sp³-hybridized carbons (Fsp3) is 0.222. The molecule has 0 saturated heterocycles. The Hall–Kier alpha value is -3.33. The van der Waals surface area contributed by atoms with Crippen LogP contribution in [-0.2, 0) is 17.6 Å². The van der Waals surface area contributed by atoms with Crippen LogP contribution in [-0.4, -0.2) is 20.0 Å². The summed E-state index contributed by atoms with van der Waals surface area (Å²) in [7, 11) is 3.35. The standard InChI is InChI=1S/C27H26O3/c1-29-26-14-10-22-15-19(4-8-23(22)17-26)5-11-25(28)12-6-20-3-7-21-9-13-27(30-2)18-24(21)16-20/h3-4,7-10,13-18H,5-6,11-12H2,1-2H3. The van der Waals surface area contributed by atoms with Crippen LogP contribution in [0.4, 0.5) is 0 Å². The Morgan fingerprint density at radius 1 is 0.600 bits per heavy atom. The molecule has 4 aromatic rings. The van der Waals surface area contributed by atoms with Crippen molar-refractivity contribution in [1.29, 1.82) is 0 Å². The van der Waals surface area contributed by atoms with Crippen molar-refractivity contribution in [1.82, 2.24) is 0 Å². The quantitative estimate of drug-likeness (QED) is 0.357. The van der Waals surface area contributed by atoms with E-state index >= 15 is 0 Å². The lowest BCUT2D eigenvalue weighted by atomic mass is 9.99. The number of fused-ring (bicyclic) bond motifs is 2. The number of ketones is 1. The summed E-state index contributed by atoms with van der Waals surface area (Å²) in [6.07, 6.45) is 2.68. The first-order valence-electron chi connectivity index (χ1n) is 10.3. The van der Waals surface area contributed by atoms with E-state index in [9.17, 15) is 4.79 Å². The Labute approximate surface area is 177 Å². The zero-order chi connectivity index (χ0) is 20.9. The van der Waals surface area contributed by atoms with Crippen molar-refractivity contribution in [2.45, 2.75) is 25.7 Å². The number of carbonyl (C=O) groups is 1. The first-order chi connectivity index (χ1) is 14.6. The number of hydrogen-bond acceptors (Lipinski definition) is 3. The monoisotopic (exact) mass is 398 g/mol. The number of methoxy groups -OCH3 is 2. The Balaban J connectivity index is 1.34. The molecule has 0 aliphatic rings. The smallest absolute Gasteiger partial charge is 0.133 e. The van der Waals surface area contributed by atoms with Gasteiger partial charge in [-0.15, -0.1) is 0 Å². The van der Waals surface area contributed by atoms with Gasteiger partial charge in [-0.25, -0.2) is 0 Å². The minimum Gasteiger partial charge on any atom is -0.497 e. The van der Waals surface area contributed by atoms with Crippen molar-refractivity contribution in [2.75, 3.05) is 14.2 Å². The van der Waals surface area contributed by atoms with Gasteiger partial charge in [0.15, 0.2) is 0 Å². The molecule has 0 aliphatic carbocycles. The van der Waals surface area contributed by atoms with Gasteiger partial charge in [0, 0.05) is 12.8 Å². The van der Waals surface area contributed by atoms with Gasteiger partial charge in [-0.05, 0) is 69.8 Å². The molecule has 152 valence electrons. The summed E-state index contributed by atoms with van der Waals surface area (Å²) in [5.41, 5.74) is 2.38. The van der Waals surface area contributed by atoms with Crippen LogP contribution < -0.4 is 9.47 Å². The molecular weight excluding hydrogens is 372 g/mol. The van der Waals surface area contributed by atoms with E-state index in [0.717, 1.165) is 35.1 Å². The third-order valence-corrected chi connectivity index (χ3v) is 5.61. The Kier molecular flexibility index (Phi) is 5.99. The fourth-order valence-electron chi connectivity index (χ4n) is 3.81. The predicted octanol–water partition coefficient (Wildman–Crippen LogP) is 6.14. The maximum absolute atomic E-state index is 12.5. The second kappa shape index (κ2) is 9.00. The molecule has 4 aromatic carbocycles. The number of carbonyl (C=O) groups excluding carboxylic acids is 1. The van der Waals surface area contributed by atoms with Gasteiger partial charge >= 0.3 is 0 Å². The first kappa shape index (κ1) is 20.0. The van der Waals surface area contributed by atoms with Gasteiger partial charge in [0.05, 0.1) is 14.2 Å². The highest BCUT2D eigenvalue weighted by molar-refractivity contribution is 5.86. The van der Waals surface area contributed by atoms with E-state index in [1.54, 1.807) is 14.2 Å². The van der Waals surface area contributed by atoms with Crippen LogP contribution in [0, 0.1) is 0 Å². The second-order valence-electron chi connectivity index (χ2n) is 7.63. The van der Waals surface area contributed by atoms with Crippen LogP contribution in [0.25, 0.3) is 21.5 Å². The molecule has 0 spiro atoms. The summed E-state index contributed by atoms with van der Waals surface area (Å²) in [4.78, 5) is 12.5. The molecular formula is C27H26O3. The highest BCUT2D eigenvalue weighted by Gasteiger charge is 2.06. The number of Topliss-reactive ketones (excluding diaryl/α,β-unsaturated/α-hetero) is 1. The van der Waals surface area contributed by atoms with Crippen molar-refractivity contribution in [3.63, 3.8) is 0 Å². The Bertz CT molecular complexity index is 1190. The van der Waals surface area contributed by atoms with Crippen molar-refractivity contribution in [2.24, 2.45) is 0 Å². The maximum Gasteiger partial charge on any atom is 0.133 e. The van der Waals surface area contributed by atoms with E-state index in [2.05, 4.69) is 48.5 Å². The van der Waals surface area contributed by atoms with E-state index in [1.165, 1.54) is 21.9 Å². The third kappa shape index (κ3) is 4.62. The van der Waals surface area contributed by atoms with Gasteiger partial charge in [0.1, 0.15) is 17.3 Å². The molecule has 0 N–H and O–H groups in total. The molecule has 0 saturated carbocycles. The van der Waals surface area contributed by atoms with E-state index in [-0.39, 0.29) is 0 Å². The minimum absolute atomic E-state index is 0.301. The van der Waals surface area contributed by atoms with Gasteiger partial charge in [-0.3, -0.25) is 4.79 Å². The van der Waals surface area contributed by atoms with Crippen LogP contribution in [0.2, 0.25) is 0 Å². The fourth-order valence-corrected chi connectivity index (χ4v) is 3.81. The maximum atomic E-state index is 12.5. The first-order valence-corrected chi connectivity index (χ1v) is 10.3. The summed E-state index contributed by atoms with van der Waals surface area (Å²) in [6.45, 7) is 0. The van der Waals surface area contributed by atoms with Crippen LogP contribution >= 0.6 is 0 Å². The summed E-state index contributed by atoms with van der Waals surface area (Å²) >= 11 is 0. The summed E-state index contributed by atoms with van der Waals surface area (Å²) in [6, 6.07) is 24.9. The number of rotatable bonds is 8. The normalized spacial score (nSPS) is 11.0. The lowest BCUT2D eigenvalue weighted by Crippen LogP contribution is -2.02. The number of benzene rings is 4.